The second kappa shape index (κ2) is 10.2. The zero-order valence-electron chi connectivity index (χ0n) is 24.0. The number of nitrogens with zero attached hydrogens (tertiary/aromatic N) is 3. The molecule has 0 radical (unpaired) electrons. The van der Waals surface area contributed by atoms with E-state index in [1.165, 1.54) is 23.9 Å². The van der Waals surface area contributed by atoms with Gasteiger partial charge in [0.1, 0.15) is 5.76 Å². The zero-order chi connectivity index (χ0) is 31.0. The smallest absolute Gasteiger partial charge is 0.461 e. The number of alkyl halides is 2. The van der Waals surface area contributed by atoms with Crippen LogP contribution in [0.1, 0.15) is 55.4 Å². The molecule has 1 saturated heterocycles. The first kappa shape index (κ1) is 28.6. The maximum Gasteiger partial charge on any atom is 0.586 e. The molecular weight excluding hydrogens is 600 g/mol. The number of Topliss-reactive ketones (excluding diaryl/α,β-unsaturated/α-hetero) is 1. The molecule has 0 aliphatic carbocycles. The quantitative estimate of drug-likeness (QED) is 0.260. The van der Waals surface area contributed by atoms with Gasteiger partial charge in [-0.15, -0.1) is 8.78 Å². The number of carbonyl (C=O) groups excluding carboxylic acids is 2. The summed E-state index contributed by atoms with van der Waals surface area (Å²) in [6.45, 7) is 7.93. The van der Waals surface area contributed by atoms with Crippen molar-refractivity contribution in [2.75, 3.05) is 19.7 Å². The second-order valence-corrected chi connectivity index (χ2v) is 12.5. The zero-order valence-corrected chi connectivity index (χ0v) is 24.8. The first-order chi connectivity index (χ1) is 20.9. The van der Waals surface area contributed by atoms with Crippen LogP contribution in [0.25, 0.3) is 11.0 Å². The number of aromatic amines is 2. The molecule has 15 heteroatoms. The Morgan fingerprint density at radius 2 is 1.95 bits per heavy atom. The van der Waals surface area contributed by atoms with Gasteiger partial charge in [-0.05, 0) is 51.6 Å². The van der Waals surface area contributed by atoms with Crippen molar-refractivity contribution in [2.24, 2.45) is 10.9 Å². The summed E-state index contributed by atoms with van der Waals surface area (Å²) < 4.78 is 47.5. The third-order valence-electron chi connectivity index (χ3n) is 7.15. The van der Waals surface area contributed by atoms with Crippen LogP contribution in [0.2, 0.25) is 0 Å². The van der Waals surface area contributed by atoms with Gasteiger partial charge in [-0.2, -0.15) is 5.06 Å². The number of hydrogen-bond acceptors (Lipinski definition) is 11. The average Bonchev–Trinajstić information content (AvgIpc) is 3.69. The molecule has 1 aromatic carbocycles. The van der Waals surface area contributed by atoms with Gasteiger partial charge < -0.3 is 28.6 Å². The molecule has 2 N–H and O–H groups in total. The van der Waals surface area contributed by atoms with Crippen molar-refractivity contribution in [1.82, 2.24) is 20.0 Å². The molecule has 0 amide bonds. The number of benzene rings is 1. The highest BCUT2D eigenvalue weighted by Gasteiger charge is 2.47. The van der Waals surface area contributed by atoms with Gasteiger partial charge >= 0.3 is 12.3 Å². The Bertz CT molecular complexity index is 1790. The Morgan fingerprint density at radius 3 is 2.70 bits per heavy atom. The van der Waals surface area contributed by atoms with E-state index >= 15 is 0 Å². The Balaban J connectivity index is 1.20. The predicted octanol–water partition coefficient (Wildman–Crippen LogP) is 5.58. The number of furan rings is 1. The lowest BCUT2D eigenvalue weighted by atomic mass is 9.75. The number of ether oxygens (including phenoxy) is 3. The molecule has 230 valence electrons. The van der Waals surface area contributed by atoms with Gasteiger partial charge in [0.15, 0.2) is 33.2 Å². The predicted molar refractivity (Wildman–Crippen MR) is 152 cm³/mol. The molecule has 2 unspecified atom stereocenters. The van der Waals surface area contributed by atoms with Crippen molar-refractivity contribution in [3.63, 3.8) is 0 Å². The summed E-state index contributed by atoms with van der Waals surface area (Å²) in [6.07, 6.45) is -2.06. The third-order valence-corrected chi connectivity index (χ3v) is 7.96. The number of aromatic nitrogens is 3. The molecule has 7 rings (SSSR count). The van der Waals surface area contributed by atoms with Crippen molar-refractivity contribution >= 4 is 45.9 Å². The van der Waals surface area contributed by atoms with Crippen LogP contribution in [0.5, 0.6) is 11.5 Å². The monoisotopic (exact) mass is 627 g/mol. The number of hydroxylamine groups is 2. The molecule has 1 fully saturated rings. The molecule has 12 nitrogen and oxygen atoms in total. The Hall–Kier alpha value is -4.21. The standard InChI is InChI=1S/C29H27F2N5O7S/c1-5-39-26(38)25-24-13(10-32-25)22(23-16(33-24)11-36(12-17(23)37)43-28(2,3)4)18-6-7-21(40-18)44-27-34-14-8-19-20(9-15(14)35-27)42-29(30,31)41-19/h6-10,22-23,32H,5,11-12H2,1-4H3,(H,34,35). The van der Waals surface area contributed by atoms with E-state index in [9.17, 15) is 18.4 Å². The maximum atomic E-state index is 13.6. The van der Waals surface area contributed by atoms with Crippen molar-refractivity contribution in [2.45, 2.75) is 55.8 Å². The molecule has 3 aliphatic heterocycles. The number of halogens is 2. The van der Waals surface area contributed by atoms with Crippen LogP contribution in [0.3, 0.4) is 0 Å². The molecule has 3 aromatic heterocycles. The minimum Gasteiger partial charge on any atom is -0.461 e. The molecule has 0 bridgehead atoms. The SMILES string of the molecule is CCOC(=O)c1[nH]cc2c1N=C1CN(OC(C)(C)C)CC(=O)C1C2c1ccc(Sc2nc3cc4c(cc3[nH]2)OC(F)(F)O4)o1. The topological polar surface area (TPSA) is 144 Å². The highest BCUT2D eigenvalue weighted by molar-refractivity contribution is 7.99. The van der Waals surface area contributed by atoms with E-state index in [0.29, 0.717) is 44.0 Å². The van der Waals surface area contributed by atoms with Crippen LogP contribution < -0.4 is 9.47 Å². The lowest BCUT2D eigenvalue weighted by Gasteiger charge is -2.39. The fourth-order valence-corrected chi connectivity index (χ4v) is 6.42. The van der Waals surface area contributed by atoms with Gasteiger partial charge in [-0.1, -0.05) is 0 Å². The summed E-state index contributed by atoms with van der Waals surface area (Å²) in [5.41, 5.74) is 2.15. The van der Waals surface area contributed by atoms with E-state index in [2.05, 4.69) is 24.4 Å². The summed E-state index contributed by atoms with van der Waals surface area (Å²) in [5.74, 6) is -1.54. The van der Waals surface area contributed by atoms with Gasteiger partial charge in [-0.25, -0.2) is 9.78 Å². The first-order valence-electron chi connectivity index (χ1n) is 13.9. The molecular formula is C29H27F2N5O7S. The molecule has 2 atom stereocenters. The fourth-order valence-electron chi connectivity index (χ4n) is 5.65. The summed E-state index contributed by atoms with van der Waals surface area (Å²) in [5, 5.41) is 2.50. The van der Waals surface area contributed by atoms with Gasteiger partial charge in [0.25, 0.3) is 0 Å². The fraction of sp³-hybridized carbons (Fsp3) is 0.379. The summed E-state index contributed by atoms with van der Waals surface area (Å²) in [6, 6.07) is 6.31. The number of ketones is 1. The highest BCUT2D eigenvalue weighted by atomic mass is 32.2. The van der Waals surface area contributed by atoms with E-state index in [1.54, 1.807) is 30.3 Å². The minimum atomic E-state index is -3.72. The normalized spacial score (nSPS) is 20.9. The molecule has 4 aromatic rings. The lowest BCUT2D eigenvalue weighted by molar-refractivity contribution is -0.286. The lowest BCUT2D eigenvalue weighted by Crippen LogP contribution is -2.52. The number of carbonyl (C=O) groups is 2. The number of aliphatic imine (C=N–C) groups is 1. The number of esters is 1. The maximum absolute atomic E-state index is 13.6. The second-order valence-electron chi connectivity index (χ2n) is 11.5. The molecule has 44 heavy (non-hydrogen) atoms. The van der Waals surface area contributed by atoms with E-state index < -0.39 is 29.7 Å². The number of nitrogens with one attached hydrogen (secondary N) is 2. The summed E-state index contributed by atoms with van der Waals surface area (Å²) in [4.78, 5) is 47.7. The van der Waals surface area contributed by atoms with Crippen molar-refractivity contribution in [3.8, 4) is 11.5 Å². The van der Waals surface area contributed by atoms with Crippen LogP contribution in [0, 0.1) is 5.92 Å². The summed E-state index contributed by atoms with van der Waals surface area (Å²) >= 11 is 1.18. The van der Waals surface area contributed by atoms with Crippen molar-refractivity contribution in [3.05, 3.63) is 47.5 Å². The molecule has 0 spiro atoms. The number of imidazole rings is 1. The number of piperidine rings is 1. The Morgan fingerprint density at radius 1 is 1.18 bits per heavy atom. The van der Waals surface area contributed by atoms with Crippen LogP contribution in [-0.4, -0.2) is 69.1 Å². The van der Waals surface area contributed by atoms with Crippen LogP contribution in [0.15, 0.2) is 50.1 Å². The van der Waals surface area contributed by atoms with Crippen molar-refractivity contribution < 1.29 is 41.8 Å². The third kappa shape index (κ3) is 5.14. The number of hydrogen-bond donors (Lipinski definition) is 2. The number of H-pyrrole nitrogens is 2. The Labute approximate surface area is 253 Å². The van der Waals surface area contributed by atoms with Crippen LogP contribution in [0.4, 0.5) is 14.5 Å². The average molecular weight is 628 g/mol. The molecule has 6 heterocycles. The van der Waals surface area contributed by atoms with Gasteiger partial charge in [0, 0.05) is 29.6 Å². The van der Waals surface area contributed by atoms with E-state index in [0.717, 1.165) is 0 Å². The van der Waals surface area contributed by atoms with Gasteiger partial charge in [0.2, 0.25) is 0 Å². The van der Waals surface area contributed by atoms with E-state index in [-0.39, 0.29) is 42.7 Å². The number of fused-ring (bicyclic) bond motifs is 4. The highest BCUT2D eigenvalue weighted by Crippen LogP contribution is 2.48. The first-order valence-corrected chi connectivity index (χ1v) is 14.7. The van der Waals surface area contributed by atoms with E-state index in [1.807, 2.05) is 20.8 Å². The van der Waals surface area contributed by atoms with E-state index in [4.69, 9.17) is 19.0 Å². The largest absolute Gasteiger partial charge is 0.586 e. The van der Waals surface area contributed by atoms with Gasteiger partial charge in [-0.3, -0.25) is 14.6 Å². The summed E-state index contributed by atoms with van der Waals surface area (Å²) in [7, 11) is 0. The minimum absolute atomic E-state index is 0.0621. The van der Waals surface area contributed by atoms with Crippen LogP contribution in [-0.2, 0) is 14.4 Å². The van der Waals surface area contributed by atoms with Crippen molar-refractivity contribution in [1.29, 1.82) is 0 Å². The van der Waals surface area contributed by atoms with Crippen LogP contribution >= 0.6 is 11.8 Å². The number of rotatable bonds is 6. The molecule has 3 aliphatic rings. The molecule has 0 saturated carbocycles. The van der Waals surface area contributed by atoms with Gasteiger partial charge in [0.05, 0.1) is 53.9 Å². The Kier molecular flexibility index (Phi) is 6.60.